The molecule has 1 aliphatic heterocycles. The van der Waals surface area contributed by atoms with E-state index in [0.29, 0.717) is 18.4 Å². The molecule has 2 rings (SSSR count). The van der Waals surface area contributed by atoms with Gasteiger partial charge in [0, 0.05) is 31.7 Å². The summed E-state index contributed by atoms with van der Waals surface area (Å²) < 4.78 is -0.701. The van der Waals surface area contributed by atoms with Crippen molar-refractivity contribution in [3.05, 3.63) is 35.9 Å². The first-order valence-electron chi connectivity index (χ1n) is 8.20. The number of quaternary nitrogens is 1. The molecule has 1 N–H and O–H groups in total. The molecule has 0 saturated carbocycles. The predicted octanol–water partition coefficient (Wildman–Crippen LogP) is 3.11. The Hall–Kier alpha value is -1.99. The van der Waals surface area contributed by atoms with Gasteiger partial charge in [-0.15, -0.1) is 0 Å². The van der Waals surface area contributed by atoms with Crippen LogP contribution in [0.3, 0.4) is 0 Å². The van der Waals surface area contributed by atoms with Crippen molar-refractivity contribution in [1.29, 1.82) is 0 Å². The monoisotopic (exact) mass is 364 g/mol. The highest BCUT2D eigenvalue weighted by molar-refractivity contribution is 8.14. The van der Waals surface area contributed by atoms with Crippen molar-refractivity contribution >= 4 is 34.7 Å². The van der Waals surface area contributed by atoms with Crippen LogP contribution in [-0.2, 0) is 9.59 Å². The number of Topliss-reactive ketones (excluding diaryl/α,β-unsaturated/α-hetero) is 1. The summed E-state index contributed by atoms with van der Waals surface area (Å²) in [5, 5.41) is 8.40. The van der Waals surface area contributed by atoms with E-state index in [1.54, 1.807) is 37.3 Å². The lowest BCUT2D eigenvalue weighted by Crippen LogP contribution is -2.61. The van der Waals surface area contributed by atoms with Gasteiger partial charge in [0.15, 0.2) is 10.9 Å². The molecule has 1 aliphatic rings. The van der Waals surface area contributed by atoms with E-state index in [1.807, 2.05) is 0 Å². The lowest BCUT2D eigenvalue weighted by Gasteiger charge is -2.32. The van der Waals surface area contributed by atoms with Gasteiger partial charge < -0.3 is 5.11 Å². The highest BCUT2D eigenvalue weighted by atomic mass is 32.2. The minimum Gasteiger partial charge on any atom is -0.435 e. The van der Waals surface area contributed by atoms with E-state index in [9.17, 15) is 24.3 Å². The summed E-state index contributed by atoms with van der Waals surface area (Å²) in [5.41, 5.74) is 0.445. The van der Waals surface area contributed by atoms with Gasteiger partial charge in [-0.25, -0.2) is 4.79 Å². The Kier molecular flexibility index (Phi) is 6.13. The van der Waals surface area contributed by atoms with Gasteiger partial charge in [0.1, 0.15) is 11.3 Å². The topological polar surface area (TPSA) is 88.5 Å². The average Bonchev–Trinajstić information content (AvgIpc) is 2.96. The molecule has 1 aromatic rings. The van der Waals surface area contributed by atoms with Gasteiger partial charge in [-0.05, 0) is 6.92 Å². The predicted molar refractivity (Wildman–Crippen MR) is 94.3 cm³/mol. The largest absolute Gasteiger partial charge is 0.521 e. The van der Waals surface area contributed by atoms with Gasteiger partial charge in [-0.2, -0.15) is 9.28 Å². The van der Waals surface area contributed by atoms with E-state index in [0.717, 1.165) is 11.8 Å². The number of benzene rings is 1. The highest BCUT2D eigenvalue weighted by Crippen LogP contribution is 2.33. The molecule has 3 atom stereocenters. The summed E-state index contributed by atoms with van der Waals surface area (Å²) in [6, 6.07) is 8.13. The Morgan fingerprint density at radius 2 is 1.88 bits per heavy atom. The normalized spacial score (nSPS) is 23.8. The molecule has 1 heterocycles. The van der Waals surface area contributed by atoms with E-state index in [2.05, 4.69) is 0 Å². The van der Waals surface area contributed by atoms with Crippen molar-refractivity contribution in [2.45, 2.75) is 44.4 Å². The maximum Gasteiger partial charge on any atom is 0.521 e. The van der Waals surface area contributed by atoms with Crippen molar-refractivity contribution < 1.29 is 28.8 Å². The molecule has 134 valence electrons. The number of imide groups is 1. The van der Waals surface area contributed by atoms with Crippen LogP contribution in [0.5, 0.6) is 0 Å². The second kappa shape index (κ2) is 7.93. The Morgan fingerprint density at radius 3 is 2.36 bits per heavy atom. The van der Waals surface area contributed by atoms with Crippen LogP contribution in [0, 0.1) is 0 Å². The molecule has 2 amide bonds. The van der Waals surface area contributed by atoms with E-state index >= 15 is 0 Å². The molecule has 1 aromatic carbocycles. The minimum absolute atomic E-state index is 0.187. The number of carbonyl (C=O) groups is 4. The summed E-state index contributed by atoms with van der Waals surface area (Å²) >= 11 is 0.747. The lowest BCUT2D eigenvalue weighted by molar-refractivity contribution is -0.792. The SMILES string of the molecule is CC(=O)SC(CC(=O)c1ccccc1)C(=O)[N+]1(C(=O)O)CCC[C@H]1C. The lowest BCUT2D eigenvalue weighted by atomic mass is 10.1. The second-order valence-electron chi connectivity index (χ2n) is 6.30. The molecule has 25 heavy (non-hydrogen) atoms. The van der Waals surface area contributed by atoms with E-state index in [-0.39, 0.29) is 29.9 Å². The molecule has 1 fully saturated rings. The maximum atomic E-state index is 13.1. The number of carboxylic acid groups (broad SMARTS) is 1. The third kappa shape index (κ3) is 3.99. The van der Waals surface area contributed by atoms with Crippen LogP contribution in [0.1, 0.15) is 43.5 Å². The van der Waals surface area contributed by atoms with Crippen LogP contribution < -0.4 is 0 Å². The van der Waals surface area contributed by atoms with Crippen molar-refractivity contribution in [2.24, 2.45) is 0 Å². The van der Waals surface area contributed by atoms with Crippen LogP contribution in [-0.4, -0.2) is 50.3 Å². The summed E-state index contributed by atoms with van der Waals surface area (Å²) in [6.07, 6.45) is -0.144. The Balaban J connectivity index is 2.30. The second-order valence-corrected chi connectivity index (χ2v) is 7.68. The standard InChI is InChI=1S/C18H21NO5S/c1-12-7-6-10-19(12,18(23)24)17(22)16(25-13(2)20)11-15(21)14-8-4-3-5-9-14/h3-5,8-9,12,16H,6-7,10-11H2,1-2H3/p+1/t12-,16?,19?/m1/s1. The van der Waals surface area contributed by atoms with Crippen molar-refractivity contribution in [3.63, 3.8) is 0 Å². The first-order valence-corrected chi connectivity index (χ1v) is 9.08. The van der Waals surface area contributed by atoms with Crippen molar-refractivity contribution in [3.8, 4) is 0 Å². The fraction of sp³-hybridized carbons (Fsp3) is 0.444. The zero-order valence-corrected chi connectivity index (χ0v) is 15.1. The van der Waals surface area contributed by atoms with Crippen LogP contribution in [0.2, 0.25) is 0 Å². The zero-order valence-electron chi connectivity index (χ0n) is 14.3. The van der Waals surface area contributed by atoms with E-state index < -0.39 is 21.7 Å². The third-order valence-corrected chi connectivity index (χ3v) is 5.65. The molecular formula is C18H22NO5S+. The summed E-state index contributed by atoms with van der Waals surface area (Å²) in [5.74, 6) is -0.843. The number of thioether (sulfide) groups is 1. The molecule has 6 nitrogen and oxygen atoms in total. The Labute approximate surface area is 150 Å². The van der Waals surface area contributed by atoms with Crippen LogP contribution in [0.25, 0.3) is 0 Å². The molecular weight excluding hydrogens is 342 g/mol. The number of hydrogen-bond acceptors (Lipinski definition) is 5. The summed E-state index contributed by atoms with van der Waals surface area (Å²) in [6.45, 7) is 3.24. The average molecular weight is 364 g/mol. The zero-order chi connectivity index (χ0) is 18.6. The van der Waals surface area contributed by atoms with Crippen LogP contribution in [0.4, 0.5) is 4.79 Å². The molecule has 7 heteroatoms. The Bertz CT molecular complexity index is 690. The first kappa shape index (κ1) is 19.3. The number of carbonyl (C=O) groups excluding carboxylic acids is 3. The number of hydrogen-bond donors (Lipinski definition) is 1. The quantitative estimate of drug-likeness (QED) is 0.638. The van der Waals surface area contributed by atoms with Gasteiger partial charge in [0.25, 0.3) is 0 Å². The molecule has 0 bridgehead atoms. The van der Waals surface area contributed by atoms with E-state index in [4.69, 9.17) is 0 Å². The maximum absolute atomic E-state index is 13.1. The van der Waals surface area contributed by atoms with Gasteiger partial charge >= 0.3 is 12.0 Å². The number of nitrogens with zero attached hydrogens (tertiary/aromatic N) is 1. The van der Waals surface area contributed by atoms with E-state index in [1.165, 1.54) is 6.92 Å². The molecule has 2 unspecified atom stereocenters. The number of rotatable bonds is 5. The van der Waals surface area contributed by atoms with Crippen LogP contribution >= 0.6 is 11.8 Å². The smallest absolute Gasteiger partial charge is 0.435 e. The molecule has 1 saturated heterocycles. The Morgan fingerprint density at radius 1 is 1.24 bits per heavy atom. The number of ketones is 1. The third-order valence-electron chi connectivity index (χ3n) is 4.67. The van der Waals surface area contributed by atoms with Gasteiger partial charge in [0.05, 0.1) is 6.54 Å². The van der Waals surface area contributed by atoms with Crippen LogP contribution in [0.15, 0.2) is 30.3 Å². The molecule has 0 aromatic heterocycles. The van der Waals surface area contributed by atoms with Crippen molar-refractivity contribution in [2.75, 3.05) is 6.54 Å². The van der Waals surface area contributed by atoms with Crippen molar-refractivity contribution in [1.82, 2.24) is 0 Å². The molecule has 0 spiro atoms. The number of likely N-dealkylation sites (tertiary alicyclic amines) is 1. The summed E-state index contributed by atoms with van der Waals surface area (Å²) in [7, 11) is 0. The fourth-order valence-corrected chi connectivity index (χ4v) is 4.25. The first-order chi connectivity index (χ1) is 11.8. The van der Waals surface area contributed by atoms with Gasteiger partial charge in [-0.1, -0.05) is 42.1 Å². The highest BCUT2D eigenvalue weighted by Gasteiger charge is 2.55. The van der Waals surface area contributed by atoms with Gasteiger partial charge in [-0.3, -0.25) is 9.59 Å². The summed E-state index contributed by atoms with van der Waals surface area (Å²) in [4.78, 5) is 49.1. The molecule has 0 radical (unpaired) electrons. The fourth-order valence-electron chi connectivity index (χ4n) is 3.33. The molecule has 0 aliphatic carbocycles. The minimum atomic E-state index is -1.21. The van der Waals surface area contributed by atoms with Gasteiger partial charge in [0.2, 0.25) is 0 Å². The number of amides is 2.